The molecular formula is C12H21N3O3. The molecule has 2 amide bonds. The maximum atomic E-state index is 11.8. The molecule has 2 saturated heterocycles. The van der Waals surface area contributed by atoms with Crippen molar-refractivity contribution < 1.29 is 14.3 Å². The van der Waals surface area contributed by atoms with Gasteiger partial charge >= 0.3 is 0 Å². The van der Waals surface area contributed by atoms with Gasteiger partial charge in [-0.25, -0.2) is 0 Å². The quantitative estimate of drug-likeness (QED) is 0.673. The van der Waals surface area contributed by atoms with Crippen molar-refractivity contribution in [2.45, 2.75) is 12.8 Å². The van der Waals surface area contributed by atoms with E-state index in [0.29, 0.717) is 39.3 Å². The van der Waals surface area contributed by atoms with Crippen LogP contribution in [0.15, 0.2) is 0 Å². The summed E-state index contributed by atoms with van der Waals surface area (Å²) in [6, 6.07) is 0. The molecule has 18 heavy (non-hydrogen) atoms. The molecule has 1 unspecified atom stereocenters. The fraction of sp³-hybridized carbons (Fsp3) is 0.833. The molecule has 2 aliphatic rings. The molecule has 1 atom stereocenters. The molecule has 2 N–H and O–H groups in total. The van der Waals surface area contributed by atoms with Crippen LogP contribution in [0.4, 0.5) is 0 Å². The Bertz CT molecular complexity index is 297. The van der Waals surface area contributed by atoms with E-state index in [2.05, 4.69) is 10.6 Å². The van der Waals surface area contributed by atoms with Crippen LogP contribution in [0.1, 0.15) is 12.8 Å². The van der Waals surface area contributed by atoms with Crippen LogP contribution >= 0.6 is 0 Å². The first kappa shape index (κ1) is 13.3. The Morgan fingerprint density at radius 1 is 1.33 bits per heavy atom. The Kier molecular flexibility index (Phi) is 4.95. The number of ether oxygens (including phenoxy) is 1. The second kappa shape index (κ2) is 6.70. The summed E-state index contributed by atoms with van der Waals surface area (Å²) < 4.78 is 5.19. The van der Waals surface area contributed by atoms with Crippen LogP contribution in [0, 0.1) is 5.92 Å². The maximum Gasteiger partial charge on any atom is 0.224 e. The van der Waals surface area contributed by atoms with Gasteiger partial charge in [0.15, 0.2) is 0 Å². The van der Waals surface area contributed by atoms with Gasteiger partial charge in [0, 0.05) is 32.6 Å². The molecule has 0 aromatic carbocycles. The molecule has 2 fully saturated rings. The van der Waals surface area contributed by atoms with Gasteiger partial charge in [-0.1, -0.05) is 0 Å². The Morgan fingerprint density at radius 2 is 2.11 bits per heavy atom. The van der Waals surface area contributed by atoms with E-state index in [1.54, 1.807) is 4.90 Å². The van der Waals surface area contributed by atoms with Crippen molar-refractivity contribution in [2.24, 2.45) is 5.92 Å². The van der Waals surface area contributed by atoms with Gasteiger partial charge in [0.05, 0.1) is 19.1 Å². The first-order valence-corrected chi connectivity index (χ1v) is 6.61. The van der Waals surface area contributed by atoms with Crippen molar-refractivity contribution in [1.82, 2.24) is 15.5 Å². The van der Waals surface area contributed by atoms with E-state index in [4.69, 9.17) is 4.74 Å². The van der Waals surface area contributed by atoms with Crippen LogP contribution < -0.4 is 10.6 Å². The number of nitrogens with zero attached hydrogens (tertiary/aromatic N) is 1. The van der Waals surface area contributed by atoms with Crippen LogP contribution in [-0.4, -0.2) is 62.7 Å². The van der Waals surface area contributed by atoms with Gasteiger partial charge in [-0.2, -0.15) is 0 Å². The standard InChI is InChI=1S/C12H21N3O3/c16-11(15-5-7-18-8-6-15)2-4-14-12(17)10-1-3-13-9-10/h10,13H,1-9H2,(H,14,17). The first-order chi connectivity index (χ1) is 8.77. The zero-order valence-electron chi connectivity index (χ0n) is 10.6. The summed E-state index contributed by atoms with van der Waals surface area (Å²) in [5, 5.41) is 5.99. The number of carbonyl (C=O) groups is 2. The summed E-state index contributed by atoms with van der Waals surface area (Å²) in [7, 11) is 0. The minimum absolute atomic E-state index is 0.0646. The van der Waals surface area contributed by atoms with E-state index in [9.17, 15) is 9.59 Å². The first-order valence-electron chi connectivity index (χ1n) is 6.61. The monoisotopic (exact) mass is 255 g/mol. The number of nitrogens with one attached hydrogen (secondary N) is 2. The molecular weight excluding hydrogens is 234 g/mol. The summed E-state index contributed by atoms with van der Waals surface area (Å²) in [5.41, 5.74) is 0. The molecule has 0 spiro atoms. The summed E-state index contributed by atoms with van der Waals surface area (Å²) in [6.45, 7) is 4.66. The highest BCUT2D eigenvalue weighted by molar-refractivity contribution is 5.81. The van der Waals surface area contributed by atoms with Crippen molar-refractivity contribution in [2.75, 3.05) is 45.9 Å². The largest absolute Gasteiger partial charge is 0.378 e. The predicted molar refractivity (Wildman–Crippen MR) is 66.0 cm³/mol. The molecule has 102 valence electrons. The van der Waals surface area contributed by atoms with E-state index in [1.165, 1.54) is 0 Å². The van der Waals surface area contributed by atoms with Crippen molar-refractivity contribution in [3.63, 3.8) is 0 Å². The number of rotatable bonds is 4. The minimum Gasteiger partial charge on any atom is -0.378 e. The van der Waals surface area contributed by atoms with Crippen LogP contribution in [0.3, 0.4) is 0 Å². The Hall–Kier alpha value is -1.14. The van der Waals surface area contributed by atoms with Gasteiger partial charge in [0.2, 0.25) is 11.8 Å². The molecule has 2 heterocycles. The lowest BCUT2D eigenvalue weighted by molar-refractivity contribution is -0.135. The molecule has 0 saturated carbocycles. The number of carbonyl (C=O) groups excluding carboxylic acids is 2. The summed E-state index contributed by atoms with van der Waals surface area (Å²) in [5.74, 6) is 0.237. The van der Waals surface area contributed by atoms with E-state index in [-0.39, 0.29) is 17.7 Å². The smallest absolute Gasteiger partial charge is 0.224 e. The molecule has 0 aromatic rings. The highest BCUT2D eigenvalue weighted by atomic mass is 16.5. The lowest BCUT2D eigenvalue weighted by Crippen LogP contribution is -2.42. The SMILES string of the molecule is O=C(NCCC(=O)N1CCOCC1)C1CCNC1. The van der Waals surface area contributed by atoms with Gasteiger partial charge in [-0.3, -0.25) is 9.59 Å². The third kappa shape index (κ3) is 3.68. The van der Waals surface area contributed by atoms with E-state index in [1.807, 2.05) is 0 Å². The Balaban J connectivity index is 1.62. The number of hydrogen-bond donors (Lipinski definition) is 2. The topological polar surface area (TPSA) is 70.7 Å². The average molecular weight is 255 g/mol. The Labute approximate surface area is 107 Å². The molecule has 2 rings (SSSR count). The zero-order chi connectivity index (χ0) is 12.8. The fourth-order valence-corrected chi connectivity index (χ4v) is 2.29. The minimum atomic E-state index is 0.0646. The molecule has 6 nitrogen and oxygen atoms in total. The third-order valence-electron chi connectivity index (χ3n) is 3.43. The summed E-state index contributed by atoms with van der Waals surface area (Å²) in [6.07, 6.45) is 1.27. The van der Waals surface area contributed by atoms with E-state index < -0.39 is 0 Å². The molecule has 2 aliphatic heterocycles. The van der Waals surface area contributed by atoms with Crippen LogP contribution in [0.5, 0.6) is 0 Å². The molecule has 0 bridgehead atoms. The normalized spacial score (nSPS) is 24.0. The van der Waals surface area contributed by atoms with Crippen molar-refractivity contribution in [3.8, 4) is 0 Å². The molecule has 0 aromatic heterocycles. The molecule has 0 aliphatic carbocycles. The fourth-order valence-electron chi connectivity index (χ4n) is 2.29. The zero-order valence-corrected chi connectivity index (χ0v) is 10.6. The molecule has 6 heteroatoms. The van der Waals surface area contributed by atoms with Crippen molar-refractivity contribution >= 4 is 11.8 Å². The van der Waals surface area contributed by atoms with Gasteiger partial charge in [-0.05, 0) is 13.0 Å². The summed E-state index contributed by atoms with van der Waals surface area (Å²) in [4.78, 5) is 25.3. The van der Waals surface area contributed by atoms with E-state index in [0.717, 1.165) is 19.5 Å². The van der Waals surface area contributed by atoms with Crippen LogP contribution in [-0.2, 0) is 14.3 Å². The molecule has 0 radical (unpaired) electrons. The van der Waals surface area contributed by atoms with Gasteiger partial charge in [0.1, 0.15) is 0 Å². The second-order valence-electron chi connectivity index (χ2n) is 4.72. The number of amides is 2. The van der Waals surface area contributed by atoms with E-state index >= 15 is 0 Å². The Morgan fingerprint density at radius 3 is 2.78 bits per heavy atom. The van der Waals surface area contributed by atoms with Crippen LogP contribution in [0.2, 0.25) is 0 Å². The number of hydrogen-bond acceptors (Lipinski definition) is 4. The van der Waals surface area contributed by atoms with Gasteiger partial charge in [0.25, 0.3) is 0 Å². The van der Waals surface area contributed by atoms with Gasteiger partial charge < -0.3 is 20.3 Å². The van der Waals surface area contributed by atoms with Crippen LogP contribution in [0.25, 0.3) is 0 Å². The third-order valence-corrected chi connectivity index (χ3v) is 3.43. The second-order valence-corrected chi connectivity index (χ2v) is 4.72. The number of morpholine rings is 1. The highest BCUT2D eigenvalue weighted by Crippen LogP contribution is 2.07. The lowest BCUT2D eigenvalue weighted by Gasteiger charge is -2.26. The van der Waals surface area contributed by atoms with Crippen molar-refractivity contribution in [3.05, 3.63) is 0 Å². The van der Waals surface area contributed by atoms with Crippen molar-refractivity contribution in [1.29, 1.82) is 0 Å². The predicted octanol–water partition coefficient (Wildman–Crippen LogP) is -1.04. The highest BCUT2D eigenvalue weighted by Gasteiger charge is 2.22. The lowest BCUT2D eigenvalue weighted by atomic mass is 10.1. The summed E-state index contributed by atoms with van der Waals surface area (Å²) >= 11 is 0. The maximum absolute atomic E-state index is 11.8. The van der Waals surface area contributed by atoms with Gasteiger partial charge in [-0.15, -0.1) is 0 Å². The average Bonchev–Trinajstić information content (AvgIpc) is 2.93.